The molecule has 0 aliphatic heterocycles. The van der Waals surface area contributed by atoms with Gasteiger partial charge in [0.2, 0.25) is 0 Å². The molecule has 2 heterocycles. The number of aryl methyl sites for hydroxylation is 1. The second-order valence-electron chi connectivity index (χ2n) is 3.32. The van der Waals surface area contributed by atoms with Gasteiger partial charge in [0.05, 0.1) is 0 Å². The first kappa shape index (κ1) is 10.6. The summed E-state index contributed by atoms with van der Waals surface area (Å²) in [6.45, 7) is 1.79. The van der Waals surface area contributed by atoms with Gasteiger partial charge in [0.25, 0.3) is 5.56 Å². The Morgan fingerprint density at radius 3 is 2.81 bits per heavy atom. The molecule has 0 aromatic carbocycles. The minimum atomic E-state index is -1.38. The van der Waals surface area contributed by atoms with E-state index in [9.17, 15) is 9.59 Å². The van der Waals surface area contributed by atoms with Gasteiger partial charge in [0.1, 0.15) is 5.65 Å². The molecule has 0 aliphatic rings. The van der Waals surface area contributed by atoms with Crippen LogP contribution in [0.4, 0.5) is 0 Å². The highest BCUT2D eigenvalue weighted by molar-refractivity contribution is 6.32. The molecule has 0 saturated carbocycles. The van der Waals surface area contributed by atoms with Gasteiger partial charge in [-0.3, -0.25) is 9.20 Å². The molecule has 0 aliphatic carbocycles. The van der Waals surface area contributed by atoms with E-state index in [2.05, 4.69) is 4.98 Å². The fraction of sp³-hybridized carbons (Fsp3) is 0.100. The van der Waals surface area contributed by atoms with Gasteiger partial charge < -0.3 is 5.11 Å². The molecule has 2 aromatic rings. The Labute approximate surface area is 94.9 Å². The summed E-state index contributed by atoms with van der Waals surface area (Å²) < 4.78 is 1.17. The van der Waals surface area contributed by atoms with E-state index in [1.54, 1.807) is 19.1 Å². The number of halogens is 1. The van der Waals surface area contributed by atoms with Gasteiger partial charge in [-0.05, 0) is 18.6 Å². The van der Waals surface area contributed by atoms with Gasteiger partial charge in [-0.15, -0.1) is 0 Å². The number of aromatic nitrogens is 2. The summed E-state index contributed by atoms with van der Waals surface area (Å²) in [7, 11) is 0. The number of carbonyl (C=O) groups is 1. The van der Waals surface area contributed by atoms with Gasteiger partial charge in [0, 0.05) is 6.20 Å². The highest BCUT2D eigenvalue weighted by Crippen LogP contribution is 2.11. The molecular formula is C10H7ClN2O3. The average molecular weight is 239 g/mol. The summed E-state index contributed by atoms with van der Waals surface area (Å²) in [5.74, 6) is -1.38. The standard InChI is InChI=1S/C10H7ClN2O3/c1-5-2-3-6-12-8(11)7(10(15)16)9(14)13(6)4-5/h2-4H,1H3,(H,15,16). The lowest BCUT2D eigenvalue weighted by molar-refractivity contribution is 0.0694. The van der Waals surface area contributed by atoms with Crippen LogP contribution in [0, 0.1) is 6.92 Å². The minimum absolute atomic E-state index is 0.290. The predicted molar refractivity (Wildman–Crippen MR) is 58.2 cm³/mol. The van der Waals surface area contributed by atoms with Crippen LogP contribution in [0.5, 0.6) is 0 Å². The van der Waals surface area contributed by atoms with Crippen molar-refractivity contribution in [2.75, 3.05) is 0 Å². The number of rotatable bonds is 1. The Kier molecular flexibility index (Phi) is 2.40. The van der Waals surface area contributed by atoms with Crippen LogP contribution in [0.1, 0.15) is 15.9 Å². The van der Waals surface area contributed by atoms with Crippen molar-refractivity contribution in [2.24, 2.45) is 0 Å². The molecule has 82 valence electrons. The maximum atomic E-state index is 11.8. The third-order valence-corrected chi connectivity index (χ3v) is 2.41. The van der Waals surface area contributed by atoms with E-state index < -0.39 is 17.1 Å². The van der Waals surface area contributed by atoms with Crippen molar-refractivity contribution in [3.63, 3.8) is 0 Å². The maximum Gasteiger partial charge on any atom is 0.344 e. The Morgan fingerprint density at radius 2 is 2.19 bits per heavy atom. The highest BCUT2D eigenvalue weighted by atomic mass is 35.5. The van der Waals surface area contributed by atoms with E-state index in [0.717, 1.165) is 5.56 Å². The SMILES string of the molecule is Cc1ccc2nc(Cl)c(C(=O)O)c(=O)n2c1. The van der Waals surface area contributed by atoms with Crippen molar-refractivity contribution in [3.05, 3.63) is 45.0 Å². The lowest BCUT2D eigenvalue weighted by Crippen LogP contribution is -2.23. The van der Waals surface area contributed by atoms with Crippen molar-refractivity contribution in [3.8, 4) is 0 Å². The van der Waals surface area contributed by atoms with Gasteiger partial charge in [-0.1, -0.05) is 17.7 Å². The van der Waals surface area contributed by atoms with Crippen LogP contribution in [0.25, 0.3) is 5.65 Å². The van der Waals surface area contributed by atoms with Crippen molar-refractivity contribution < 1.29 is 9.90 Å². The summed E-state index contributed by atoms with van der Waals surface area (Å²) in [4.78, 5) is 26.5. The van der Waals surface area contributed by atoms with Gasteiger partial charge in [-0.2, -0.15) is 0 Å². The molecule has 0 atom stereocenters. The molecule has 0 spiro atoms. The van der Waals surface area contributed by atoms with Crippen LogP contribution in [-0.4, -0.2) is 20.5 Å². The molecule has 6 heteroatoms. The van der Waals surface area contributed by atoms with Crippen molar-refractivity contribution >= 4 is 23.2 Å². The molecule has 5 nitrogen and oxygen atoms in total. The molecule has 0 saturated heterocycles. The Bertz CT molecular complexity index is 648. The first-order valence-corrected chi connectivity index (χ1v) is 4.80. The first-order chi connectivity index (χ1) is 7.50. The number of hydrogen-bond acceptors (Lipinski definition) is 3. The molecule has 1 N–H and O–H groups in total. The predicted octanol–water partition coefficient (Wildman–Crippen LogP) is 1.35. The second kappa shape index (κ2) is 3.61. The van der Waals surface area contributed by atoms with Gasteiger partial charge in [0.15, 0.2) is 10.7 Å². The number of aromatic carboxylic acids is 1. The van der Waals surface area contributed by atoms with E-state index in [1.807, 2.05) is 0 Å². The zero-order chi connectivity index (χ0) is 11.9. The third-order valence-electron chi connectivity index (χ3n) is 2.14. The number of hydrogen-bond donors (Lipinski definition) is 1. The second-order valence-corrected chi connectivity index (χ2v) is 3.68. The molecule has 16 heavy (non-hydrogen) atoms. The number of carboxylic acid groups (broad SMARTS) is 1. The summed E-state index contributed by atoms with van der Waals surface area (Å²) in [5, 5.41) is 8.55. The van der Waals surface area contributed by atoms with Crippen molar-refractivity contribution in [1.29, 1.82) is 0 Å². The van der Waals surface area contributed by atoms with Crippen LogP contribution >= 0.6 is 11.6 Å². The van der Waals surface area contributed by atoms with Crippen LogP contribution in [-0.2, 0) is 0 Å². The fourth-order valence-electron chi connectivity index (χ4n) is 1.40. The third kappa shape index (κ3) is 1.55. The van der Waals surface area contributed by atoms with E-state index in [4.69, 9.17) is 16.7 Å². The van der Waals surface area contributed by atoms with Crippen LogP contribution in [0.15, 0.2) is 23.1 Å². The lowest BCUT2D eigenvalue weighted by atomic mass is 10.3. The Morgan fingerprint density at radius 1 is 1.50 bits per heavy atom. The first-order valence-electron chi connectivity index (χ1n) is 4.42. The van der Waals surface area contributed by atoms with Crippen LogP contribution < -0.4 is 5.56 Å². The topological polar surface area (TPSA) is 71.7 Å². The Hall–Kier alpha value is -1.88. The van der Waals surface area contributed by atoms with Crippen molar-refractivity contribution in [1.82, 2.24) is 9.38 Å². The van der Waals surface area contributed by atoms with Gasteiger partial charge >= 0.3 is 5.97 Å². The monoisotopic (exact) mass is 238 g/mol. The lowest BCUT2D eigenvalue weighted by Gasteiger charge is -2.04. The average Bonchev–Trinajstić information content (AvgIpc) is 2.19. The van der Waals surface area contributed by atoms with E-state index in [0.29, 0.717) is 5.65 Å². The summed E-state index contributed by atoms with van der Waals surface area (Å²) >= 11 is 5.64. The van der Waals surface area contributed by atoms with E-state index in [1.165, 1.54) is 10.6 Å². The van der Waals surface area contributed by atoms with E-state index >= 15 is 0 Å². The molecule has 0 radical (unpaired) electrons. The van der Waals surface area contributed by atoms with Crippen molar-refractivity contribution in [2.45, 2.75) is 6.92 Å². The largest absolute Gasteiger partial charge is 0.477 e. The molecule has 0 amide bonds. The Balaban J connectivity index is 2.96. The molecule has 0 unspecified atom stereocenters. The molecule has 0 bridgehead atoms. The molecular weight excluding hydrogens is 232 g/mol. The maximum absolute atomic E-state index is 11.8. The minimum Gasteiger partial charge on any atom is -0.477 e. The fourth-order valence-corrected chi connectivity index (χ4v) is 1.65. The zero-order valence-electron chi connectivity index (χ0n) is 8.27. The molecule has 2 aromatic heterocycles. The summed E-state index contributed by atoms with van der Waals surface area (Å²) in [6, 6.07) is 3.37. The van der Waals surface area contributed by atoms with Gasteiger partial charge in [-0.25, -0.2) is 9.78 Å². The quantitative estimate of drug-likeness (QED) is 0.762. The number of carboxylic acids is 1. The summed E-state index contributed by atoms with van der Waals surface area (Å²) in [5.41, 5.74) is -0.0309. The number of nitrogens with zero attached hydrogens (tertiary/aromatic N) is 2. The number of fused-ring (bicyclic) bond motifs is 1. The normalized spacial score (nSPS) is 10.6. The zero-order valence-corrected chi connectivity index (χ0v) is 9.02. The molecule has 2 rings (SSSR count). The van der Waals surface area contributed by atoms with Crippen LogP contribution in [0.3, 0.4) is 0 Å². The van der Waals surface area contributed by atoms with Crippen LogP contribution in [0.2, 0.25) is 5.15 Å². The summed E-state index contributed by atoms with van der Waals surface area (Å²) in [6.07, 6.45) is 1.52. The highest BCUT2D eigenvalue weighted by Gasteiger charge is 2.17. The number of pyridine rings is 1. The smallest absolute Gasteiger partial charge is 0.344 e. The molecule has 0 fully saturated rings. The van der Waals surface area contributed by atoms with E-state index in [-0.39, 0.29) is 5.15 Å².